The first-order valence-electron chi connectivity index (χ1n) is 7.69. The number of rotatable bonds is 5. The Morgan fingerprint density at radius 2 is 1.85 bits per heavy atom. The molecule has 1 fully saturated rings. The van der Waals surface area contributed by atoms with Crippen molar-refractivity contribution in [2.75, 3.05) is 19.1 Å². The van der Waals surface area contributed by atoms with Crippen LogP contribution >= 0.6 is 24.0 Å². The fraction of sp³-hybridized carbons (Fsp3) is 0.111. The van der Waals surface area contributed by atoms with Gasteiger partial charge >= 0.3 is 0 Å². The summed E-state index contributed by atoms with van der Waals surface area (Å²) in [5.41, 5.74) is 0.692. The van der Waals surface area contributed by atoms with Gasteiger partial charge in [0.1, 0.15) is 5.69 Å². The zero-order chi connectivity index (χ0) is 19.6. The van der Waals surface area contributed by atoms with Gasteiger partial charge in [0.2, 0.25) is 0 Å². The van der Waals surface area contributed by atoms with Crippen molar-refractivity contribution < 1.29 is 19.2 Å². The maximum absolute atomic E-state index is 12.8. The summed E-state index contributed by atoms with van der Waals surface area (Å²) < 4.78 is 10.7. The Balaban J connectivity index is 1.98. The first-order chi connectivity index (χ1) is 13.0. The van der Waals surface area contributed by atoms with Crippen LogP contribution in [0, 0.1) is 10.1 Å². The molecule has 9 heteroatoms. The maximum Gasteiger partial charge on any atom is 0.293 e. The third-order valence-electron chi connectivity index (χ3n) is 3.82. The molecule has 1 aliphatic heterocycles. The number of ether oxygens (including phenoxy) is 2. The van der Waals surface area contributed by atoms with Gasteiger partial charge in [-0.3, -0.25) is 19.8 Å². The molecule has 27 heavy (non-hydrogen) atoms. The number of thioether (sulfide) groups is 1. The average molecular weight is 402 g/mol. The SMILES string of the molecule is COc1ccc(/C=C2\SC(=S)N(c3ccccc3[N+](=O)[O-])C2=O)cc1OC. The summed E-state index contributed by atoms with van der Waals surface area (Å²) >= 11 is 6.38. The lowest BCUT2D eigenvalue weighted by atomic mass is 10.1. The van der Waals surface area contributed by atoms with Crippen LogP contribution in [0.25, 0.3) is 6.08 Å². The zero-order valence-corrected chi connectivity index (χ0v) is 16.0. The molecule has 1 aliphatic rings. The van der Waals surface area contributed by atoms with Gasteiger partial charge in [-0.15, -0.1) is 0 Å². The molecular formula is C18H14N2O5S2. The van der Waals surface area contributed by atoms with Gasteiger partial charge in [-0.25, -0.2) is 0 Å². The number of nitrogens with zero attached hydrogens (tertiary/aromatic N) is 2. The van der Waals surface area contributed by atoms with Crippen LogP contribution < -0.4 is 14.4 Å². The van der Waals surface area contributed by atoms with E-state index in [1.165, 1.54) is 31.3 Å². The molecule has 0 aliphatic carbocycles. The van der Waals surface area contributed by atoms with Crippen LogP contribution in [0.2, 0.25) is 0 Å². The van der Waals surface area contributed by atoms with E-state index in [0.29, 0.717) is 16.4 Å². The zero-order valence-electron chi connectivity index (χ0n) is 14.4. The van der Waals surface area contributed by atoms with Gasteiger partial charge in [0.05, 0.1) is 24.0 Å². The molecule has 3 rings (SSSR count). The van der Waals surface area contributed by atoms with Crippen molar-refractivity contribution in [1.29, 1.82) is 0 Å². The molecular weight excluding hydrogens is 388 g/mol. The second-order valence-corrected chi connectivity index (χ2v) is 7.05. The Morgan fingerprint density at radius 3 is 2.52 bits per heavy atom. The van der Waals surface area contributed by atoms with E-state index in [-0.39, 0.29) is 15.7 Å². The van der Waals surface area contributed by atoms with Gasteiger partial charge in [0.25, 0.3) is 11.6 Å². The lowest BCUT2D eigenvalue weighted by molar-refractivity contribution is -0.384. The lowest BCUT2D eigenvalue weighted by Gasteiger charge is -2.14. The van der Waals surface area contributed by atoms with E-state index in [9.17, 15) is 14.9 Å². The Morgan fingerprint density at radius 1 is 1.15 bits per heavy atom. The molecule has 0 atom stereocenters. The summed E-state index contributed by atoms with van der Waals surface area (Å²) in [4.78, 5) is 25.1. The molecule has 7 nitrogen and oxygen atoms in total. The number of thiocarbonyl (C=S) groups is 1. The third-order valence-corrected chi connectivity index (χ3v) is 5.12. The van der Waals surface area contributed by atoms with Gasteiger partial charge < -0.3 is 9.47 Å². The fourth-order valence-corrected chi connectivity index (χ4v) is 3.86. The van der Waals surface area contributed by atoms with Crippen LogP contribution in [-0.4, -0.2) is 29.4 Å². The highest BCUT2D eigenvalue weighted by Crippen LogP contribution is 2.40. The predicted octanol–water partition coefficient (Wildman–Crippen LogP) is 4.02. The van der Waals surface area contributed by atoms with Crippen molar-refractivity contribution in [3.8, 4) is 11.5 Å². The number of methoxy groups -OCH3 is 2. The number of carbonyl (C=O) groups excluding carboxylic acids is 1. The minimum atomic E-state index is -0.536. The number of amides is 1. The summed E-state index contributed by atoms with van der Waals surface area (Å²) in [6, 6.07) is 11.2. The van der Waals surface area contributed by atoms with E-state index in [2.05, 4.69) is 0 Å². The van der Waals surface area contributed by atoms with E-state index >= 15 is 0 Å². The second kappa shape index (κ2) is 7.77. The van der Waals surface area contributed by atoms with Gasteiger partial charge in [0.15, 0.2) is 15.8 Å². The summed E-state index contributed by atoms with van der Waals surface area (Å²) in [6.45, 7) is 0. The van der Waals surface area contributed by atoms with Gasteiger partial charge in [-0.1, -0.05) is 42.2 Å². The highest BCUT2D eigenvalue weighted by atomic mass is 32.2. The second-order valence-electron chi connectivity index (χ2n) is 5.38. The molecule has 0 saturated carbocycles. The summed E-state index contributed by atoms with van der Waals surface area (Å²) in [5, 5.41) is 11.3. The van der Waals surface area contributed by atoms with Crippen molar-refractivity contribution in [2.24, 2.45) is 0 Å². The lowest BCUT2D eigenvalue weighted by Crippen LogP contribution is -2.28. The Hall–Kier alpha value is -2.91. The first-order valence-corrected chi connectivity index (χ1v) is 8.92. The summed E-state index contributed by atoms with van der Waals surface area (Å²) in [5.74, 6) is 0.691. The molecule has 138 valence electrons. The predicted molar refractivity (Wildman–Crippen MR) is 108 cm³/mol. The van der Waals surface area contributed by atoms with Crippen LogP contribution in [0.4, 0.5) is 11.4 Å². The number of para-hydroxylation sites is 2. The minimum absolute atomic E-state index is 0.153. The molecule has 1 heterocycles. The molecule has 0 unspecified atom stereocenters. The summed E-state index contributed by atoms with van der Waals surface area (Å²) in [6.07, 6.45) is 1.66. The van der Waals surface area contributed by atoms with Crippen molar-refractivity contribution in [2.45, 2.75) is 0 Å². The van der Waals surface area contributed by atoms with Crippen LogP contribution in [0.5, 0.6) is 11.5 Å². The van der Waals surface area contributed by atoms with Crippen molar-refractivity contribution in [1.82, 2.24) is 0 Å². The highest BCUT2D eigenvalue weighted by Gasteiger charge is 2.36. The molecule has 0 bridgehead atoms. The third kappa shape index (κ3) is 3.64. The number of hydrogen-bond donors (Lipinski definition) is 0. The van der Waals surface area contributed by atoms with Crippen molar-refractivity contribution in [3.63, 3.8) is 0 Å². The summed E-state index contributed by atoms with van der Waals surface area (Å²) in [7, 11) is 3.06. The Labute approximate surface area is 164 Å². The standard InChI is InChI=1S/C18H14N2O5S2/c1-24-14-8-7-11(9-15(14)25-2)10-16-17(21)19(18(26)27-16)12-5-3-4-6-13(12)20(22)23/h3-10H,1-2H3/b16-10-. The van der Waals surface area contributed by atoms with Crippen LogP contribution in [-0.2, 0) is 4.79 Å². The molecule has 1 saturated heterocycles. The molecule has 2 aromatic rings. The number of anilines is 1. The quantitative estimate of drug-likeness (QED) is 0.323. The van der Waals surface area contributed by atoms with Gasteiger partial charge in [-0.2, -0.15) is 0 Å². The van der Waals surface area contributed by atoms with Crippen LogP contribution in [0.1, 0.15) is 5.56 Å². The number of benzene rings is 2. The van der Waals surface area contributed by atoms with Crippen molar-refractivity contribution in [3.05, 3.63) is 63.0 Å². The number of nitro benzene ring substituents is 1. The van der Waals surface area contributed by atoms with Crippen LogP contribution in [0.15, 0.2) is 47.4 Å². The largest absolute Gasteiger partial charge is 0.493 e. The number of nitro groups is 1. The molecule has 2 aromatic carbocycles. The molecule has 0 spiro atoms. The van der Waals surface area contributed by atoms with Gasteiger partial charge in [0, 0.05) is 6.07 Å². The van der Waals surface area contributed by atoms with Crippen molar-refractivity contribution >= 4 is 51.7 Å². The number of carbonyl (C=O) groups is 1. The Bertz CT molecular complexity index is 974. The monoisotopic (exact) mass is 402 g/mol. The van der Waals surface area contributed by atoms with E-state index < -0.39 is 10.8 Å². The van der Waals surface area contributed by atoms with E-state index in [4.69, 9.17) is 21.7 Å². The Kier molecular flexibility index (Phi) is 5.43. The molecule has 0 aromatic heterocycles. The highest BCUT2D eigenvalue weighted by molar-refractivity contribution is 8.27. The van der Waals surface area contributed by atoms with E-state index in [1.54, 1.807) is 36.4 Å². The maximum atomic E-state index is 12.8. The topological polar surface area (TPSA) is 81.9 Å². The molecule has 1 amide bonds. The van der Waals surface area contributed by atoms with E-state index in [0.717, 1.165) is 17.3 Å². The van der Waals surface area contributed by atoms with Crippen LogP contribution in [0.3, 0.4) is 0 Å². The smallest absolute Gasteiger partial charge is 0.293 e. The minimum Gasteiger partial charge on any atom is -0.493 e. The molecule has 0 N–H and O–H groups in total. The fourth-order valence-electron chi connectivity index (χ4n) is 2.58. The average Bonchev–Trinajstić information content (AvgIpc) is 2.94. The van der Waals surface area contributed by atoms with Gasteiger partial charge in [-0.05, 0) is 29.8 Å². The van der Waals surface area contributed by atoms with E-state index in [1.807, 2.05) is 0 Å². The first kappa shape index (κ1) is 18.9. The normalized spacial score (nSPS) is 15.3. The number of hydrogen-bond acceptors (Lipinski definition) is 7. The molecule has 0 radical (unpaired) electrons.